The molecule has 5 nitrogen and oxygen atoms in total. The van der Waals surface area contributed by atoms with Gasteiger partial charge in [0, 0.05) is 6.54 Å². The van der Waals surface area contributed by atoms with E-state index < -0.39 is 0 Å². The number of anilines is 1. The molecule has 1 aliphatic heterocycles. The molecule has 0 saturated heterocycles. The SMILES string of the molecule is CC1=CC2N=CN(Cc3ccc4nc(N[C@@H]5CCCC[C@H]5O)sc4c3)C2C=C1. The summed E-state index contributed by atoms with van der Waals surface area (Å²) in [4.78, 5) is 11.7. The van der Waals surface area contributed by atoms with E-state index in [1.807, 2.05) is 6.34 Å². The van der Waals surface area contributed by atoms with Gasteiger partial charge in [-0.2, -0.15) is 0 Å². The number of aliphatic hydroxyl groups is 1. The third-order valence-corrected chi connectivity index (χ3v) is 6.92. The molecule has 6 heteroatoms. The summed E-state index contributed by atoms with van der Waals surface area (Å²) in [5, 5.41) is 14.6. The fourth-order valence-corrected chi connectivity index (χ4v) is 5.38. The maximum Gasteiger partial charge on any atom is 0.184 e. The molecule has 0 radical (unpaired) electrons. The fraction of sp³-hybridized carbons (Fsp3) is 0.455. The molecule has 3 aliphatic rings. The lowest BCUT2D eigenvalue weighted by molar-refractivity contribution is 0.116. The minimum atomic E-state index is -0.264. The highest BCUT2D eigenvalue weighted by atomic mass is 32.1. The molecule has 2 heterocycles. The number of hydrogen-bond acceptors (Lipinski definition) is 6. The van der Waals surface area contributed by atoms with Crippen molar-refractivity contribution in [3.63, 3.8) is 0 Å². The molecular weight excluding hydrogens is 368 g/mol. The van der Waals surface area contributed by atoms with Gasteiger partial charge < -0.3 is 15.3 Å². The molecule has 1 aromatic heterocycles. The molecule has 2 N–H and O–H groups in total. The van der Waals surface area contributed by atoms with E-state index in [0.717, 1.165) is 36.5 Å². The van der Waals surface area contributed by atoms with Gasteiger partial charge in [-0.05, 0) is 37.5 Å². The van der Waals surface area contributed by atoms with Crippen molar-refractivity contribution in [2.45, 2.75) is 63.4 Å². The van der Waals surface area contributed by atoms with E-state index >= 15 is 0 Å². The predicted molar refractivity (Wildman–Crippen MR) is 116 cm³/mol. The number of rotatable bonds is 4. The zero-order valence-electron chi connectivity index (χ0n) is 16.1. The second-order valence-electron chi connectivity index (χ2n) is 8.11. The molecule has 146 valence electrons. The number of aliphatic hydroxyl groups excluding tert-OH is 1. The standard InChI is InChI=1S/C22H26N4OS/c1-14-6-9-19-18(10-14)23-13-26(19)12-15-7-8-17-21(11-15)28-22(25-17)24-16-4-2-3-5-20(16)27/h6-11,13,16,18-20,27H,2-5,12H2,1H3,(H,24,25)/t16-,18?,19?,20-/m1/s1. The number of fused-ring (bicyclic) bond motifs is 2. The van der Waals surface area contributed by atoms with Crippen LogP contribution in [0.4, 0.5) is 5.13 Å². The Hall–Kier alpha value is -2.18. The lowest BCUT2D eigenvalue weighted by Crippen LogP contribution is -2.36. The van der Waals surface area contributed by atoms with Crippen molar-refractivity contribution in [2.24, 2.45) is 4.99 Å². The normalized spacial score (nSPS) is 29.2. The monoisotopic (exact) mass is 394 g/mol. The first-order valence-corrected chi connectivity index (χ1v) is 11.0. The highest BCUT2D eigenvalue weighted by Gasteiger charge is 2.29. The molecule has 2 unspecified atom stereocenters. The van der Waals surface area contributed by atoms with Crippen LogP contribution in [0.3, 0.4) is 0 Å². The Morgan fingerprint density at radius 2 is 2.18 bits per heavy atom. The smallest absolute Gasteiger partial charge is 0.184 e. The summed E-state index contributed by atoms with van der Waals surface area (Å²) in [5.74, 6) is 0. The van der Waals surface area contributed by atoms with Crippen LogP contribution in [-0.2, 0) is 6.54 Å². The minimum absolute atomic E-state index is 0.126. The molecule has 2 aromatic rings. The fourth-order valence-electron chi connectivity index (χ4n) is 4.39. The number of thiazole rings is 1. The Labute approximate surface area is 169 Å². The molecule has 0 bridgehead atoms. The van der Waals surface area contributed by atoms with Crippen LogP contribution in [0.25, 0.3) is 10.2 Å². The Morgan fingerprint density at radius 1 is 1.29 bits per heavy atom. The van der Waals surface area contributed by atoms with Crippen molar-refractivity contribution in [1.82, 2.24) is 9.88 Å². The summed E-state index contributed by atoms with van der Waals surface area (Å²) >= 11 is 1.68. The molecule has 2 aliphatic carbocycles. The average molecular weight is 395 g/mol. The molecule has 1 saturated carbocycles. The van der Waals surface area contributed by atoms with E-state index in [-0.39, 0.29) is 18.2 Å². The number of benzene rings is 1. The highest BCUT2D eigenvalue weighted by Crippen LogP contribution is 2.31. The molecular formula is C22H26N4OS. The van der Waals surface area contributed by atoms with Crippen molar-refractivity contribution in [3.8, 4) is 0 Å². The zero-order chi connectivity index (χ0) is 19.1. The number of nitrogens with zero attached hydrogens (tertiary/aromatic N) is 3. The van der Waals surface area contributed by atoms with Crippen molar-refractivity contribution < 1.29 is 5.11 Å². The number of hydrogen-bond donors (Lipinski definition) is 2. The van der Waals surface area contributed by atoms with E-state index in [1.54, 1.807) is 11.3 Å². The van der Waals surface area contributed by atoms with Crippen LogP contribution in [0.5, 0.6) is 0 Å². The van der Waals surface area contributed by atoms with Crippen molar-refractivity contribution in [1.29, 1.82) is 0 Å². The summed E-state index contributed by atoms with van der Waals surface area (Å²) in [6.45, 7) is 2.97. The van der Waals surface area contributed by atoms with Gasteiger partial charge in [-0.25, -0.2) is 4.98 Å². The van der Waals surface area contributed by atoms with E-state index in [2.05, 4.69) is 58.6 Å². The van der Waals surface area contributed by atoms with E-state index in [9.17, 15) is 5.11 Å². The largest absolute Gasteiger partial charge is 0.391 e. The zero-order valence-corrected chi connectivity index (χ0v) is 16.9. The van der Waals surface area contributed by atoms with Crippen molar-refractivity contribution >= 4 is 33.0 Å². The molecule has 1 fully saturated rings. The summed E-state index contributed by atoms with van der Waals surface area (Å²) < 4.78 is 1.19. The Morgan fingerprint density at radius 3 is 3.07 bits per heavy atom. The average Bonchev–Trinajstić information content (AvgIpc) is 3.26. The number of aromatic nitrogens is 1. The number of aliphatic imine (C=N–C) groups is 1. The van der Waals surface area contributed by atoms with Crippen LogP contribution in [-0.4, -0.2) is 45.6 Å². The lowest BCUT2D eigenvalue weighted by atomic mass is 9.93. The third-order valence-electron chi connectivity index (χ3n) is 5.97. The Balaban J connectivity index is 1.30. The predicted octanol–water partition coefficient (Wildman–Crippen LogP) is 4.11. The van der Waals surface area contributed by atoms with E-state index in [4.69, 9.17) is 4.98 Å². The molecule has 1 aromatic carbocycles. The van der Waals surface area contributed by atoms with Gasteiger partial charge >= 0.3 is 0 Å². The first kappa shape index (κ1) is 17.9. The summed E-state index contributed by atoms with van der Waals surface area (Å²) in [5.41, 5.74) is 3.58. The van der Waals surface area contributed by atoms with Crippen LogP contribution < -0.4 is 5.32 Å². The topological polar surface area (TPSA) is 60.8 Å². The van der Waals surface area contributed by atoms with Crippen LogP contribution >= 0.6 is 11.3 Å². The molecule has 0 amide bonds. The van der Waals surface area contributed by atoms with Gasteiger partial charge in [-0.3, -0.25) is 4.99 Å². The molecule has 28 heavy (non-hydrogen) atoms. The van der Waals surface area contributed by atoms with Gasteiger partial charge in [0.05, 0.1) is 40.8 Å². The quantitative estimate of drug-likeness (QED) is 0.819. The minimum Gasteiger partial charge on any atom is -0.391 e. The maximum atomic E-state index is 10.2. The summed E-state index contributed by atoms with van der Waals surface area (Å²) in [6.07, 6.45) is 12.6. The van der Waals surface area contributed by atoms with Gasteiger partial charge in [0.1, 0.15) is 0 Å². The van der Waals surface area contributed by atoms with Gasteiger partial charge in [-0.15, -0.1) is 0 Å². The number of allylic oxidation sites excluding steroid dienone is 2. The summed E-state index contributed by atoms with van der Waals surface area (Å²) in [7, 11) is 0. The number of nitrogens with one attached hydrogen (secondary N) is 1. The summed E-state index contributed by atoms with van der Waals surface area (Å²) in [6, 6.07) is 7.21. The van der Waals surface area contributed by atoms with Gasteiger partial charge in [0.25, 0.3) is 0 Å². The van der Waals surface area contributed by atoms with Crippen LogP contribution in [0, 0.1) is 0 Å². The first-order chi connectivity index (χ1) is 13.7. The van der Waals surface area contributed by atoms with Gasteiger partial charge in [-0.1, -0.05) is 54.0 Å². The first-order valence-electron chi connectivity index (χ1n) is 10.2. The van der Waals surface area contributed by atoms with Gasteiger partial charge in [0.15, 0.2) is 5.13 Å². The Kier molecular flexibility index (Phi) is 4.69. The van der Waals surface area contributed by atoms with Crippen LogP contribution in [0.1, 0.15) is 38.2 Å². The molecule has 0 spiro atoms. The maximum absolute atomic E-state index is 10.2. The second-order valence-corrected chi connectivity index (χ2v) is 9.14. The highest BCUT2D eigenvalue weighted by molar-refractivity contribution is 7.22. The van der Waals surface area contributed by atoms with Crippen LogP contribution in [0.15, 0.2) is 47.0 Å². The van der Waals surface area contributed by atoms with E-state index in [0.29, 0.717) is 6.04 Å². The second kappa shape index (κ2) is 7.33. The van der Waals surface area contributed by atoms with E-state index in [1.165, 1.54) is 22.3 Å². The molecule has 4 atom stereocenters. The van der Waals surface area contributed by atoms with Crippen LogP contribution in [0.2, 0.25) is 0 Å². The third kappa shape index (κ3) is 3.47. The lowest BCUT2D eigenvalue weighted by Gasteiger charge is -2.27. The van der Waals surface area contributed by atoms with Crippen molar-refractivity contribution in [2.75, 3.05) is 5.32 Å². The van der Waals surface area contributed by atoms with Gasteiger partial charge in [0.2, 0.25) is 0 Å². The Bertz CT molecular complexity index is 963. The molecule has 5 rings (SSSR count). The van der Waals surface area contributed by atoms with Crippen molar-refractivity contribution in [3.05, 3.63) is 47.6 Å².